The number of rotatable bonds is 3. The average molecular weight is 330 g/mol. The molecule has 0 aliphatic heterocycles. The molecule has 0 aromatic heterocycles. The van der Waals surface area contributed by atoms with Crippen LogP contribution in [0.5, 0.6) is 11.5 Å². The lowest BCUT2D eigenvalue weighted by Gasteiger charge is -2.06. The van der Waals surface area contributed by atoms with Crippen molar-refractivity contribution in [1.82, 2.24) is 5.43 Å². The van der Waals surface area contributed by atoms with Gasteiger partial charge in [0.1, 0.15) is 11.5 Å². The first-order valence-corrected chi connectivity index (χ1v) is 6.80. The predicted molar refractivity (Wildman–Crippen MR) is 88.0 cm³/mol. The summed E-state index contributed by atoms with van der Waals surface area (Å²) in [6.45, 7) is 0. The Balaban J connectivity index is 0.000000351. The minimum absolute atomic E-state index is 0.0711. The summed E-state index contributed by atoms with van der Waals surface area (Å²) >= 11 is 0. The largest absolute Gasteiger partial charge is 0.507 e. The van der Waals surface area contributed by atoms with Gasteiger partial charge in [-0.25, -0.2) is 10.6 Å². The van der Waals surface area contributed by atoms with Crippen molar-refractivity contribution in [2.75, 3.05) is 14.2 Å². The number of ketones is 1. The van der Waals surface area contributed by atoms with Gasteiger partial charge in [-0.05, 0) is 12.1 Å². The molecule has 0 saturated carbocycles. The van der Waals surface area contributed by atoms with Crippen LogP contribution < -0.4 is 16.0 Å². The number of phenols is 1. The Hall–Kier alpha value is -3.26. The molecule has 0 fully saturated rings. The van der Waals surface area contributed by atoms with Gasteiger partial charge in [0.25, 0.3) is 0 Å². The molecule has 0 atom stereocenters. The van der Waals surface area contributed by atoms with Crippen molar-refractivity contribution in [3.63, 3.8) is 0 Å². The summed E-state index contributed by atoms with van der Waals surface area (Å²) in [5.74, 6) is 4.85. The molecule has 2 aromatic carbocycles. The van der Waals surface area contributed by atoms with Crippen LogP contribution in [-0.2, 0) is 0 Å². The third-order valence-electron chi connectivity index (χ3n) is 2.80. The fourth-order valence-corrected chi connectivity index (χ4v) is 1.70. The van der Waals surface area contributed by atoms with Gasteiger partial charge in [0.05, 0.1) is 12.7 Å². The van der Waals surface area contributed by atoms with Crippen LogP contribution in [0.25, 0.3) is 0 Å². The van der Waals surface area contributed by atoms with E-state index in [1.54, 1.807) is 41.8 Å². The minimum Gasteiger partial charge on any atom is -0.507 e. The monoisotopic (exact) mass is 330 g/mol. The van der Waals surface area contributed by atoms with Crippen LogP contribution in [0.15, 0.2) is 58.8 Å². The van der Waals surface area contributed by atoms with Gasteiger partial charge in [-0.15, -0.1) is 0 Å². The number of nitrogens with two attached hydrogens (primary N) is 1. The standard InChI is InChI=1S/C14H12O3.C2H6N4O/c1-17-11-7-8-12(13(15)9-11)14(16)10-5-3-2-4-6-10;1-4-6-2(7)5-3/h2-9,15H,1H3;3H2,1H3,(H,5,7). The van der Waals surface area contributed by atoms with Crippen molar-refractivity contribution >= 4 is 11.8 Å². The van der Waals surface area contributed by atoms with E-state index in [1.165, 1.54) is 20.2 Å². The molecule has 4 N–H and O–H groups in total. The highest BCUT2D eigenvalue weighted by Gasteiger charge is 2.13. The van der Waals surface area contributed by atoms with Crippen LogP contribution in [0.2, 0.25) is 0 Å². The summed E-state index contributed by atoms with van der Waals surface area (Å²) in [5.41, 5.74) is 2.59. The van der Waals surface area contributed by atoms with Gasteiger partial charge in [-0.1, -0.05) is 35.4 Å². The van der Waals surface area contributed by atoms with Crippen LogP contribution in [0.3, 0.4) is 0 Å². The Labute approximate surface area is 138 Å². The van der Waals surface area contributed by atoms with E-state index in [0.717, 1.165) is 0 Å². The summed E-state index contributed by atoms with van der Waals surface area (Å²) in [5, 5.41) is 15.9. The molecule has 0 saturated heterocycles. The zero-order chi connectivity index (χ0) is 17.9. The zero-order valence-electron chi connectivity index (χ0n) is 13.3. The number of azo groups is 1. The van der Waals surface area contributed by atoms with Crippen molar-refractivity contribution in [2.45, 2.75) is 0 Å². The molecule has 8 nitrogen and oxygen atoms in total. The van der Waals surface area contributed by atoms with Gasteiger partial charge >= 0.3 is 6.03 Å². The van der Waals surface area contributed by atoms with E-state index in [0.29, 0.717) is 11.3 Å². The number of amides is 2. The number of carbonyl (C=O) groups is 2. The van der Waals surface area contributed by atoms with Crippen molar-refractivity contribution in [3.8, 4) is 11.5 Å². The number of hydrazine groups is 1. The number of nitrogens with zero attached hydrogens (tertiary/aromatic N) is 2. The summed E-state index contributed by atoms with van der Waals surface area (Å²) < 4.78 is 4.96. The quantitative estimate of drug-likeness (QED) is 0.262. The van der Waals surface area contributed by atoms with E-state index in [2.05, 4.69) is 16.1 Å². The van der Waals surface area contributed by atoms with Crippen molar-refractivity contribution in [1.29, 1.82) is 0 Å². The van der Waals surface area contributed by atoms with Gasteiger partial charge in [0.2, 0.25) is 0 Å². The molecular weight excluding hydrogens is 312 g/mol. The van der Waals surface area contributed by atoms with E-state index in [1.807, 2.05) is 6.07 Å². The SMILES string of the molecule is CN=NC(=O)NN.COc1ccc(C(=O)c2ccccc2)c(O)c1. The maximum atomic E-state index is 12.1. The molecule has 0 heterocycles. The average Bonchev–Trinajstić information content (AvgIpc) is 2.62. The maximum absolute atomic E-state index is 12.1. The number of phenolic OH excluding ortho intramolecular Hbond substituents is 1. The van der Waals surface area contributed by atoms with Crippen molar-refractivity contribution in [3.05, 3.63) is 59.7 Å². The second-order valence-corrected chi connectivity index (χ2v) is 4.33. The molecule has 2 rings (SSSR count). The minimum atomic E-state index is -0.637. The number of hydrogen-bond donors (Lipinski definition) is 3. The Morgan fingerprint density at radius 1 is 1.17 bits per heavy atom. The molecule has 0 radical (unpaired) electrons. The van der Waals surface area contributed by atoms with Crippen molar-refractivity contribution in [2.24, 2.45) is 16.1 Å². The third kappa shape index (κ3) is 5.50. The molecule has 0 aliphatic carbocycles. The lowest BCUT2D eigenvalue weighted by Crippen LogP contribution is -2.26. The molecule has 2 aromatic rings. The van der Waals surface area contributed by atoms with Crippen molar-refractivity contribution < 1.29 is 19.4 Å². The lowest BCUT2D eigenvalue weighted by atomic mass is 10.0. The number of carbonyl (C=O) groups excluding carboxylic acids is 2. The lowest BCUT2D eigenvalue weighted by molar-refractivity contribution is 0.103. The van der Waals surface area contributed by atoms with Crippen LogP contribution in [0.1, 0.15) is 15.9 Å². The van der Waals surface area contributed by atoms with E-state index < -0.39 is 6.03 Å². The normalized spacial score (nSPS) is 9.79. The maximum Gasteiger partial charge on any atom is 0.373 e. The van der Waals surface area contributed by atoms with Crippen LogP contribution in [0, 0.1) is 0 Å². The number of ether oxygens (including phenoxy) is 1. The van der Waals surface area contributed by atoms with E-state index in [4.69, 9.17) is 4.74 Å². The smallest absolute Gasteiger partial charge is 0.373 e. The molecule has 126 valence electrons. The molecule has 8 heteroatoms. The second-order valence-electron chi connectivity index (χ2n) is 4.33. The number of methoxy groups -OCH3 is 1. The molecular formula is C16H18N4O4. The topological polar surface area (TPSA) is 126 Å². The Bertz CT molecular complexity index is 717. The summed E-state index contributed by atoms with van der Waals surface area (Å²) in [4.78, 5) is 22.0. The van der Waals surface area contributed by atoms with Gasteiger partial charge in [0.15, 0.2) is 5.78 Å². The highest BCUT2D eigenvalue weighted by Crippen LogP contribution is 2.25. The fraction of sp³-hybridized carbons (Fsp3) is 0.125. The molecule has 0 spiro atoms. The number of nitrogens with one attached hydrogen (secondary N) is 1. The predicted octanol–water partition coefficient (Wildman–Crippen LogP) is 2.28. The van der Waals surface area contributed by atoms with E-state index in [-0.39, 0.29) is 17.1 Å². The summed E-state index contributed by atoms with van der Waals surface area (Å²) in [7, 11) is 2.89. The third-order valence-corrected chi connectivity index (χ3v) is 2.80. The first-order chi connectivity index (χ1) is 11.5. The van der Waals surface area contributed by atoms with E-state index in [9.17, 15) is 14.7 Å². The van der Waals surface area contributed by atoms with Crippen LogP contribution >= 0.6 is 0 Å². The summed E-state index contributed by atoms with van der Waals surface area (Å²) in [6.07, 6.45) is 0. The van der Waals surface area contributed by atoms with Gasteiger partial charge < -0.3 is 9.84 Å². The van der Waals surface area contributed by atoms with Gasteiger partial charge in [-0.3, -0.25) is 10.2 Å². The van der Waals surface area contributed by atoms with Crippen LogP contribution in [0.4, 0.5) is 4.79 Å². The fourth-order valence-electron chi connectivity index (χ4n) is 1.70. The highest BCUT2D eigenvalue weighted by atomic mass is 16.5. The molecule has 2 amide bonds. The first kappa shape index (κ1) is 18.8. The number of aromatic hydroxyl groups is 1. The highest BCUT2D eigenvalue weighted by molar-refractivity contribution is 6.10. The molecule has 0 bridgehead atoms. The van der Waals surface area contributed by atoms with Gasteiger partial charge in [-0.2, -0.15) is 5.11 Å². The molecule has 24 heavy (non-hydrogen) atoms. The Morgan fingerprint density at radius 2 is 1.83 bits per heavy atom. The number of benzene rings is 2. The number of urea groups is 1. The Morgan fingerprint density at radius 3 is 2.29 bits per heavy atom. The molecule has 0 unspecified atom stereocenters. The second kappa shape index (κ2) is 9.70. The summed E-state index contributed by atoms with van der Waals surface area (Å²) in [6, 6.07) is 12.8. The Kier molecular flexibility index (Phi) is 7.59. The number of hydrogen-bond acceptors (Lipinski definition) is 6. The van der Waals surface area contributed by atoms with Crippen LogP contribution in [-0.4, -0.2) is 31.1 Å². The molecule has 0 aliphatic rings. The first-order valence-electron chi connectivity index (χ1n) is 6.80. The van der Waals surface area contributed by atoms with Gasteiger partial charge in [0, 0.05) is 18.7 Å². The van der Waals surface area contributed by atoms with E-state index >= 15 is 0 Å². The zero-order valence-corrected chi connectivity index (χ0v) is 13.3.